The van der Waals surface area contributed by atoms with Crippen molar-refractivity contribution in [2.24, 2.45) is 0 Å². The van der Waals surface area contributed by atoms with Crippen LogP contribution in [0, 0.1) is 0 Å². The Bertz CT molecular complexity index is 391. The molecule has 0 aliphatic rings. The smallest absolute Gasteiger partial charge is 0.228 e. The summed E-state index contributed by atoms with van der Waals surface area (Å²) in [6.07, 6.45) is 0.565. The molecule has 0 heterocycles. The van der Waals surface area contributed by atoms with Gasteiger partial charge in [-0.2, -0.15) is 0 Å². The second kappa shape index (κ2) is 7.01. The molecule has 0 aliphatic heterocycles. The number of carbonyl (C=O) groups is 1. The standard InChI is InChI=1S/C14H22N2O2/c1-11(2)18-13-8-6-5-7-12(13)16(4)14(17)9-10-15-3/h5-8,11,15H,9-10H2,1-4H3. The highest BCUT2D eigenvalue weighted by molar-refractivity contribution is 5.94. The SMILES string of the molecule is CNCCC(=O)N(C)c1ccccc1OC(C)C. The van der Waals surface area contributed by atoms with Gasteiger partial charge in [0.2, 0.25) is 5.91 Å². The Labute approximate surface area is 109 Å². The van der Waals surface area contributed by atoms with Gasteiger partial charge in [-0.25, -0.2) is 0 Å². The minimum Gasteiger partial charge on any atom is -0.489 e. The molecule has 100 valence electrons. The number of anilines is 1. The number of hydrogen-bond acceptors (Lipinski definition) is 3. The Morgan fingerprint density at radius 3 is 2.67 bits per heavy atom. The fraction of sp³-hybridized carbons (Fsp3) is 0.500. The van der Waals surface area contributed by atoms with Crippen LogP contribution in [-0.4, -0.2) is 32.7 Å². The lowest BCUT2D eigenvalue weighted by molar-refractivity contribution is -0.118. The molecule has 0 aliphatic carbocycles. The highest BCUT2D eigenvalue weighted by atomic mass is 16.5. The van der Waals surface area contributed by atoms with E-state index >= 15 is 0 Å². The van der Waals surface area contributed by atoms with Gasteiger partial charge >= 0.3 is 0 Å². The van der Waals surface area contributed by atoms with E-state index in [1.165, 1.54) is 0 Å². The minimum absolute atomic E-state index is 0.0733. The van der Waals surface area contributed by atoms with Gasteiger partial charge < -0.3 is 15.0 Å². The predicted octanol–water partition coefficient (Wildman–Crippen LogP) is 2.05. The van der Waals surface area contributed by atoms with E-state index in [0.29, 0.717) is 13.0 Å². The second-order valence-corrected chi connectivity index (χ2v) is 4.44. The van der Waals surface area contributed by atoms with Crippen LogP contribution < -0.4 is 15.0 Å². The molecule has 1 aromatic carbocycles. The first-order valence-electron chi connectivity index (χ1n) is 6.23. The topological polar surface area (TPSA) is 41.6 Å². The molecule has 0 bridgehead atoms. The van der Waals surface area contributed by atoms with Crippen molar-refractivity contribution in [3.05, 3.63) is 24.3 Å². The summed E-state index contributed by atoms with van der Waals surface area (Å²) in [5.74, 6) is 0.817. The first-order chi connectivity index (χ1) is 8.56. The summed E-state index contributed by atoms with van der Waals surface area (Å²) in [5, 5.41) is 2.97. The van der Waals surface area contributed by atoms with Gasteiger partial charge in [-0.05, 0) is 33.0 Å². The second-order valence-electron chi connectivity index (χ2n) is 4.44. The van der Waals surface area contributed by atoms with Gasteiger partial charge in [0.15, 0.2) is 0 Å². The molecule has 1 amide bonds. The van der Waals surface area contributed by atoms with Gasteiger partial charge in [-0.1, -0.05) is 12.1 Å². The van der Waals surface area contributed by atoms with E-state index in [1.54, 1.807) is 11.9 Å². The number of para-hydroxylation sites is 2. The van der Waals surface area contributed by atoms with E-state index in [0.717, 1.165) is 11.4 Å². The van der Waals surface area contributed by atoms with E-state index < -0.39 is 0 Å². The Balaban J connectivity index is 2.84. The maximum absolute atomic E-state index is 12.0. The van der Waals surface area contributed by atoms with Crippen LogP contribution in [-0.2, 0) is 4.79 Å². The first-order valence-corrected chi connectivity index (χ1v) is 6.23. The zero-order valence-corrected chi connectivity index (χ0v) is 11.6. The maximum atomic E-state index is 12.0. The molecule has 0 aromatic heterocycles. The van der Waals surface area contributed by atoms with Gasteiger partial charge in [0.1, 0.15) is 5.75 Å². The number of nitrogens with zero attached hydrogens (tertiary/aromatic N) is 1. The molecular weight excluding hydrogens is 228 g/mol. The van der Waals surface area contributed by atoms with Crippen LogP contribution in [0.5, 0.6) is 5.75 Å². The monoisotopic (exact) mass is 250 g/mol. The number of amides is 1. The lowest BCUT2D eigenvalue weighted by Gasteiger charge is -2.22. The molecule has 18 heavy (non-hydrogen) atoms. The van der Waals surface area contributed by atoms with E-state index in [4.69, 9.17) is 4.74 Å². The molecule has 1 N–H and O–H groups in total. The molecule has 4 heteroatoms. The predicted molar refractivity (Wildman–Crippen MR) is 74.2 cm³/mol. The van der Waals surface area contributed by atoms with E-state index in [2.05, 4.69) is 5.32 Å². The van der Waals surface area contributed by atoms with Crippen molar-refractivity contribution in [2.45, 2.75) is 26.4 Å². The number of nitrogens with one attached hydrogen (secondary N) is 1. The van der Waals surface area contributed by atoms with Crippen molar-refractivity contribution >= 4 is 11.6 Å². The van der Waals surface area contributed by atoms with Crippen molar-refractivity contribution in [1.29, 1.82) is 0 Å². The van der Waals surface area contributed by atoms with Crippen molar-refractivity contribution in [1.82, 2.24) is 5.32 Å². The summed E-state index contributed by atoms with van der Waals surface area (Å²) in [6, 6.07) is 7.60. The number of ether oxygens (including phenoxy) is 1. The lowest BCUT2D eigenvalue weighted by atomic mass is 10.2. The fourth-order valence-corrected chi connectivity index (χ4v) is 1.62. The fourth-order valence-electron chi connectivity index (χ4n) is 1.62. The van der Waals surface area contributed by atoms with Gasteiger partial charge in [0, 0.05) is 20.0 Å². The van der Waals surface area contributed by atoms with E-state index in [1.807, 2.05) is 45.2 Å². The lowest BCUT2D eigenvalue weighted by Crippen LogP contribution is -2.29. The largest absolute Gasteiger partial charge is 0.489 e. The Morgan fingerprint density at radius 2 is 2.06 bits per heavy atom. The van der Waals surface area contributed by atoms with Gasteiger partial charge in [0.25, 0.3) is 0 Å². The zero-order chi connectivity index (χ0) is 13.5. The number of hydrogen-bond donors (Lipinski definition) is 1. The zero-order valence-electron chi connectivity index (χ0n) is 11.6. The molecule has 4 nitrogen and oxygen atoms in total. The minimum atomic E-state index is 0.0733. The number of carbonyl (C=O) groups excluding carboxylic acids is 1. The third-order valence-corrected chi connectivity index (χ3v) is 2.55. The summed E-state index contributed by atoms with van der Waals surface area (Å²) in [7, 11) is 3.61. The Kier molecular flexibility index (Phi) is 5.65. The molecule has 0 saturated carbocycles. The van der Waals surface area contributed by atoms with Crippen LogP contribution in [0.4, 0.5) is 5.69 Å². The number of benzene rings is 1. The Hall–Kier alpha value is -1.55. The number of rotatable bonds is 6. The normalized spacial score (nSPS) is 10.5. The highest BCUT2D eigenvalue weighted by Crippen LogP contribution is 2.28. The summed E-state index contributed by atoms with van der Waals surface area (Å²) >= 11 is 0. The summed E-state index contributed by atoms with van der Waals surface area (Å²) in [6.45, 7) is 4.62. The molecule has 0 radical (unpaired) electrons. The van der Waals surface area contributed by atoms with Gasteiger partial charge in [-0.3, -0.25) is 4.79 Å². The third kappa shape index (κ3) is 4.04. The van der Waals surface area contributed by atoms with E-state index in [-0.39, 0.29) is 12.0 Å². The molecule has 0 saturated heterocycles. The van der Waals surface area contributed by atoms with Crippen LogP contribution in [0.25, 0.3) is 0 Å². The summed E-state index contributed by atoms with van der Waals surface area (Å²) < 4.78 is 5.71. The molecule has 1 aromatic rings. The first kappa shape index (κ1) is 14.5. The maximum Gasteiger partial charge on any atom is 0.228 e. The van der Waals surface area contributed by atoms with Crippen molar-refractivity contribution in [2.75, 3.05) is 25.5 Å². The molecule has 0 atom stereocenters. The third-order valence-electron chi connectivity index (χ3n) is 2.55. The van der Waals surface area contributed by atoms with Gasteiger partial charge in [0.05, 0.1) is 11.8 Å². The van der Waals surface area contributed by atoms with Gasteiger partial charge in [-0.15, -0.1) is 0 Å². The van der Waals surface area contributed by atoms with Crippen molar-refractivity contribution in [3.63, 3.8) is 0 Å². The van der Waals surface area contributed by atoms with E-state index in [9.17, 15) is 4.79 Å². The summed E-state index contributed by atoms with van der Waals surface area (Å²) in [5.41, 5.74) is 0.812. The van der Waals surface area contributed by atoms with Crippen molar-refractivity contribution < 1.29 is 9.53 Å². The van der Waals surface area contributed by atoms with Crippen LogP contribution in [0.15, 0.2) is 24.3 Å². The molecular formula is C14H22N2O2. The summed E-state index contributed by atoms with van der Waals surface area (Å²) in [4.78, 5) is 13.6. The van der Waals surface area contributed by atoms with Crippen molar-refractivity contribution in [3.8, 4) is 5.75 Å². The van der Waals surface area contributed by atoms with Crippen LogP contribution in [0.2, 0.25) is 0 Å². The van der Waals surface area contributed by atoms with Crippen LogP contribution in [0.1, 0.15) is 20.3 Å². The molecule has 0 spiro atoms. The molecule has 1 rings (SSSR count). The average Bonchev–Trinajstić information content (AvgIpc) is 2.35. The molecule has 0 unspecified atom stereocenters. The Morgan fingerprint density at radius 1 is 1.39 bits per heavy atom. The quantitative estimate of drug-likeness (QED) is 0.840. The van der Waals surface area contributed by atoms with Crippen LogP contribution >= 0.6 is 0 Å². The highest BCUT2D eigenvalue weighted by Gasteiger charge is 2.15. The van der Waals surface area contributed by atoms with Crippen LogP contribution in [0.3, 0.4) is 0 Å². The average molecular weight is 250 g/mol. The molecule has 0 fully saturated rings.